The predicted molar refractivity (Wildman–Crippen MR) is 135 cm³/mol. The Bertz CT molecular complexity index is 1400. The molecule has 0 N–H and O–H groups in total. The minimum atomic E-state index is 0.592. The molecule has 0 saturated carbocycles. The highest BCUT2D eigenvalue weighted by Crippen LogP contribution is 2.50. The number of aromatic nitrogens is 2. The molecule has 1 aliphatic heterocycles. The second kappa shape index (κ2) is 8.19. The number of ether oxygens (including phenoxy) is 1. The normalized spacial score (nSPS) is 12.0. The van der Waals surface area contributed by atoms with E-state index in [1.165, 1.54) is 0 Å². The van der Waals surface area contributed by atoms with Crippen molar-refractivity contribution in [3.63, 3.8) is 0 Å². The molecule has 6 rings (SSSR count). The zero-order valence-electron chi connectivity index (χ0n) is 17.5. The quantitative estimate of drug-likeness (QED) is 0.250. The SMILES string of the molecule is Brc1ccc2c(c1)Oc1ccccc1N2c1nc(-c2ccccc2)cc(-c2ccccc2)n1. The third-order valence-corrected chi connectivity index (χ3v) is 6.04. The van der Waals surface area contributed by atoms with Crippen LogP contribution in [0.2, 0.25) is 0 Å². The average molecular weight is 492 g/mol. The van der Waals surface area contributed by atoms with Gasteiger partial charge in [-0.15, -0.1) is 0 Å². The van der Waals surface area contributed by atoms with Crippen LogP contribution in [0.5, 0.6) is 11.5 Å². The zero-order chi connectivity index (χ0) is 22.2. The van der Waals surface area contributed by atoms with Crippen LogP contribution in [0.15, 0.2) is 114 Å². The lowest BCUT2D eigenvalue weighted by Crippen LogP contribution is -2.18. The highest BCUT2D eigenvalue weighted by atomic mass is 79.9. The lowest BCUT2D eigenvalue weighted by molar-refractivity contribution is 0.476. The molecule has 0 bridgehead atoms. The van der Waals surface area contributed by atoms with Gasteiger partial charge in [-0.1, -0.05) is 88.7 Å². The fourth-order valence-electron chi connectivity index (χ4n) is 3.99. The largest absolute Gasteiger partial charge is 0.453 e. The fraction of sp³-hybridized carbons (Fsp3) is 0. The zero-order valence-corrected chi connectivity index (χ0v) is 19.1. The molecular formula is C28H18BrN3O. The second-order valence-electron chi connectivity index (χ2n) is 7.69. The highest BCUT2D eigenvalue weighted by molar-refractivity contribution is 9.10. The molecule has 0 atom stereocenters. The summed E-state index contributed by atoms with van der Waals surface area (Å²) in [5.41, 5.74) is 5.59. The Hall–Kier alpha value is -3.96. The van der Waals surface area contributed by atoms with Gasteiger partial charge in [0.2, 0.25) is 5.95 Å². The van der Waals surface area contributed by atoms with Crippen molar-refractivity contribution < 1.29 is 4.74 Å². The second-order valence-corrected chi connectivity index (χ2v) is 8.60. The molecule has 4 aromatic carbocycles. The summed E-state index contributed by atoms with van der Waals surface area (Å²) in [5, 5.41) is 0. The monoisotopic (exact) mass is 491 g/mol. The Kier molecular flexibility index (Phi) is 4.89. The molecule has 0 radical (unpaired) electrons. The summed E-state index contributed by atoms with van der Waals surface area (Å²) < 4.78 is 7.16. The first-order valence-corrected chi connectivity index (χ1v) is 11.4. The van der Waals surface area contributed by atoms with Crippen LogP contribution in [-0.4, -0.2) is 9.97 Å². The molecule has 5 aromatic rings. The number of para-hydroxylation sites is 2. The Morgan fingerprint density at radius 1 is 0.576 bits per heavy atom. The topological polar surface area (TPSA) is 38.2 Å². The minimum absolute atomic E-state index is 0.592. The van der Waals surface area contributed by atoms with Crippen molar-refractivity contribution in [2.45, 2.75) is 0 Å². The molecule has 1 aliphatic rings. The van der Waals surface area contributed by atoms with Crippen LogP contribution in [0, 0.1) is 0 Å². The molecule has 1 aromatic heterocycles. The van der Waals surface area contributed by atoms with E-state index in [4.69, 9.17) is 14.7 Å². The number of rotatable bonds is 3. The summed E-state index contributed by atoms with van der Waals surface area (Å²) in [6, 6.07) is 36.4. The van der Waals surface area contributed by atoms with Crippen molar-refractivity contribution in [3.05, 3.63) is 114 Å². The summed E-state index contributed by atoms with van der Waals surface area (Å²) in [4.78, 5) is 12.1. The van der Waals surface area contributed by atoms with E-state index in [0.717, 1.165) is 49.9 Å². The van der Waals surface area contributed by atoms with E-state index in [1.54, 1.807) is 0 Å². The first-order chi connectivity index (χ1) is 16.3. The highest BCUT2D eigenvalue weighted by Gasteiger charge is 2.28. The maximum absolute atomic E-state index is 6.21. The standard InChI is InChI=1S/C28H18BrN3O/c29-21-15-16-25-27(17-21)33-26-14-8-7-13-24(26)32(25)28-30-22(19-9-3-1-4-10-19)18-23(31-28)20-11-5-2-6-12-20/h1-18H. The lowest BCUT2D eigenvalue weighted by atomic mass is 10.1. The molecule has 0 fully saturated rings. The molecule has 0 unspecified atom stereocenters. The molecule has 4 nitrogen and oxygen atoms in total. The molecule has 5 heteroatoms. The Balaban J connectivity index is 1.61. The van der Waals surface area contributed by atoms with E-state index in [0.29, 0.717) is 5.95 Å². The van der Waals surface area contributed by atoms with Crippen molar-refractivity contribution in [2.24, 2.45) is 0 Å². The van der Waals surface area contributed by atoms with E-state index in [2.05, 4.69) is 45.1 Å². The first-order valence-electron chi connectivity index (χ1n) is 10.6. The van der Waals surface area contributed by atoms with Crippen LogP contribution in [0.4, 0.5) is 17.3 Å². The van der Waals surface area contributed by atoms with Gasteiger partial charge in [-0.3, -0.25) is 4.90 Å². The van der Waals surface area contributed by atoms with Gasteiger partial charge in [-0.2, -0.15) is 0 Å². The number of hydrogen-bond acceptors (Lipinski definition) is 4. The number of hydrogen-bond donors (Lipinski definition) is 0. The maximum Gasteiger partial charge on any atom is 0.236 e. The molecule has 158 valence electrons. The minimum Gasteiger partial charge on any atom is -0.453 e. The van der Waals surface area contributed by atoms with Crippen LogP contribution in [0.1, 0.15) is 0 Å². The molecule has 0 aliphatic carbocycles. The summed E-state index contributed by atoms with van der Waals surface area (Å²) in [6.45, 7) is 0. The van der Waals surface area contributed by atoms with Gasteiger partial charge in [0.25, 0.3) is 0 Å². The van der Waals surface area contributed by atoms with Crippen molar-refractivity contribution in [2.75, 3.05) is 4.90 Å². The Morgan fingerprint density at radius 3 is 1.82 bits per heavy atom. The Labute approximate surface area is 200 Å². The number of nitrogens with zero attached hydrogens (tertiary/aromatic N) is 3. The molecular weight excluding hydrogens is 474 g/mol. The van der Waals surface area contributed by atoms with Crippen LogP contribution >= 0.6 is 15.9 Å². The van der Waals surface area contributed by atoms with E-state index in [9.17, 15) is 0 Å². The van der Waals surface area contributed by atoms with E-state index in [-0.39, 0.29) is 0 Å². The Morgan fingerprint density at radius 2 is 1.15 bits per heavy atom. The number of halogens is 1. The smallest absolute Gasteiger partial charge is 0.236 e. The van der Waals surface area contributed by atoms with Crippen molar-refractivity contribution in [1.29, 1.82) is 0 Å². The van der Waals surface area contributed by atoms with Gasteiger partial charge in [-0.25, -0.2) is 9.97 Å². The van der Waals surface area contributed by atoms with Crippen LogP contribution < -0.4 is 9.64 Å². The molecule has 33 heavy (non-hydrogen) atoms. The average Bonchev–Trinajstić information content (AvgIpc) is 2.88. The summed E-state index contributed by atoms with van der Waals surface area (Å²) >= 11 is 3.56. The van der Waals surface area contributed by atoms with Crippen LogP contribution in [-0.2, 0) is 0 Å². The molecule has 0 saturated heterocycles. The number of benzene rings is 4. The van der Waals surface area contributed by atoms with Gasteiger partial charge in [0, 0.05) is 15.6 Å². The number of anilines is 3. The van der Waals surface area contributed by atoms with Crippen molar-refractivity contribution in [3.8, 4) is 34.0 Å². The van der Waals surface area contributed by atoms with Crippen LogP contribution in [0.3, 0.4) is 0 Å². The van der Waals surface area contributed by atoms with Gasteiger partial charge in [-0.05, 0) is 36.4 Å². The summed E-state index contributed by atoms with van der Waals surface area (Å²) in [5.74, 6) is 2.10. The summed E-state index contributed by atoms with van der Waals surface area (Å²) in [7, 11) is 0. The van der Waals surface area contributed by atoms with Crippen molar-refractivity contribution >= 4 is 33.3 Å². The summed E-state index contributed by atoms with van der Waals surface area (Å²) in [6.07, 6.45) is 0. The molecule has 0 amide bonds. The van der Waals surface area contributed by atoms with Crippen molar-refractivity contribution in [1.82, 2.24) is 9.97 Å². The van der Waals surface area contributed by atoms with Gasteiger partial charge >= 0.3 is 0 Å². The first kappa shape index (κ1) is 19.7. The third-order valence-electron chi connectivity index (χ3n) is 5.54. The molecule has 2 heterocycles. The maximum atomic E-state index is 6.21. The predicted octanol–water partition coefficient (Wildman–Crippen LogP) is 8.15. The van der Waals surface area contributed by atoms with E-state index < -0.39 is 0 Å². The third kappa shape index (κ3) is 3.66. The number of fused-ring (bicyclic) bond motifs is 2. The van der Waals surface area contributed by atoms with E-state index >= 15 is 0 Å². The van der Waals surface area contributed by atoms with Gasteiger partial charge in [0.15, 0.2) is 11.5 Å². The van der Waals surface area contributed by atoms with Gasteiger partial charge in [0.05, 0.1) is 22.8 Å². The fourth-order valence-corrected chi connectivity index (χ4v) is 4.33. The lowest BCUT2D eigenvalue weighted by Gasteiger charge is -2.31. The van der Waals surface area contributed by atoms with Crippen LogP contribution in [0.25, 0.3) is 22.5 Å². The molecule has 0 spiro atoms. The van der Waals surface area contributed by atoms with Gasteiger partial charge in [0.1, 0.15) is 0 Å². The van der Waals surface area contributed by atoms with Gasteiger partial charge < -0.3 is 4.74 Å². The van der Waals surface area contributed by atoms with E-state index in [1.807, 2.05) is 84.9 Å².